The number of hydrogen-bond acceptors (Lipinski definition) is 3. The van der Waals surface area contributed by atoms with E-state index < -0.39 is 22.3 Å². The van der Waals surface area contributed by atoms with Crippen LogP contribution >= 0.6 is 11.6 Å². The van der Waals surface area contributed by atoms with Gasteiger partial charge in [0.1, 0.15) is 11.4 Å². The third-order valence-corrected chi connectivity index (χ3v) is 3.96. The summed E-state index contributed by atoms with van der Waals surface area (Å²) in [5.41, 5.74) is -0.540. The standard InChI is InChI=1S/C14H16ClFN2O3/c15-7-1-3-11-4-2-8-17(11)14(19)12-6-5-10(16)9-13(12)18(20)21/h5-6,9,11H,1-4,7-8H2. The van der Waals surface area contributed by atoms with E-state index in [-0.39, 0.29) is 11.6 Å². The molecule has 1 aliphatic rings. The van der Waals surface area contributed by atoms with Gasteiger partial charge in [-0.25, -0.2) is 4.39 Å². The number of rotatable bonds is 5. The summed E-state index contributed by atoms with van der Waals surface area (Å²) < 4.78 is 13.1. The second-order valence-electron chi connectivity index (χ2n) is 5.04. The molecule has 0 aliphatic carbocycles. The van der Waals surface area contributed by atoms with Gasteiger partial charge in [-0.3, -0.25) is 14.9 Å². The Kier molecular flexibility index (Phi) is 5.12. The zero-order valence-corrected chi connectivity index (χ0v) is 12.2. The molecule has 1 aliphatic heterocycles. The summed E-state index contributed by atoms with van der Waals surface area (Å²) in [5, 5.41) is 11.0. The maximum absolute atomic E-state index is 13.1. The van der Waals surface area contributed by atoms with Crippen molar-refractivity contribution in [2.75, 3.05) is 12.4 Å². The van der Waals surface area contributed by atoms with E-state index in [0.29, 0.717) is 12.4 Å². The topological polar surface area (TPSA) is 63.4 Å². The fraction of sp³-hybridized carbons (Fsp3) is 0.500. The summed E-state index contributed by atoms with van der Waals surface area (Å²) in [4.78, 5) is 24.4. The van der Waals surface area contributed by atoms with Crippen LogP contribution < -0.4 is 0 Å². The molecule has 0 N–H and O–H groups in total. The van der Waals surface area contributed by atoms with Crippen molar-refractivity contribution in [3.8, 4) is 0 Å². The molecule has 1 fully saturated rings. The highest BCUT2D eigenvalue weighted by Crippen LogP contribution is 2.27. The molecule has 0 saturated carbocycles. The van der Waals surface area contributed by atoms with Crippen LogP contribution in [0.4, 0.5) is 10.1 Å². The average Bonchev–Trinajstić information content (AvgIpc) is 2.92. The maximum Gasteiger partial charge on any atom is 0.285 e. The van der Waals surface area contributed by atoms with Crippen LogP contribution in [-0.4, -0.2) is 34.2 Å². The lowest BCUT2D eigenvalue weighted by Crippen LogP contribution is -2.35. The number of nitro groups is 1. The highest BCUT2D eigenvalue weighted by atomic mass is 35.5. The second-order valence-corrected chi connectivity index (χ2v) is 5.42. The molecule has 1 unspecified atom stereocenters. The third kappa shape index (κ3) is 3.50. The van der Waals surface area contributed by atoms with Crippen LogP contribution in [0, 0.1) is 15.9 Å². The molecule has 0 bridgehead atoms. The molecule has 2 rings (SSSR count). The Labute approximate surface area is 126 Å². The molecule has 7 heteroatoms. The van der Waals surface area contributed by atoms with Gasteiger partial charge in [0, 0.05) is 18.5 Å². The van der Waals surface area contributed by atoms with E-state index in [1.807, 2.05) is 0 Å². The summed E-state index contributed by atoms with van der Waals surface area (Å²) in [5.74, 6) is -0.605. The summed E-state index contributed by atoms with van der Waals surface area (Å²) in [7, 11) is 0. The van der Waals surface area contributed by atoms with Crippen molar-refractivity contribution in [3.63, 3.8) is 0 Å². The van der Waals surface area contributed by atoms with E-state index >= 15 is 0 Å². The molecule has 1 saturated heterocycles. The number of nitrogens with zero attached hydrogens (tertiary/aromatic N) is 2. The number of hydrogen-bond donors (Lipinski definition) is 0. The Balaban J connectivity index is 2.25. The zero-order chi connectivity index (χ0) is 15.4. The summed E-state index contributed by atoms with van der Waals surface area (Å²) >= 11 is 5.67. The van der Waals surface area contributed by atoms with Gasteiger partial charge in [-0.05, 0) is 37.8 Å². The fourth-order valence-electron chi connectivity index (χ4n) is 2.71. The first-order valence-corrected chi connectivity index (χ1v) is 7.39. The lowest BCUT2D eigenvalue weighted by atomic mass is 10.1. The first-order chi connectivity index (χ1) is 10.0. The van der Waals surface area contributed by atoms with Crippen LogP contribution in [0.15, 0.2) is 18.2 Å². The van der Waals surface area contributed by atoms with E-state index in [1.165, 1.54) is 6.07 Å². The first kappa shape index (κ1) is 15.7. The average molecular weight is 315 g/mol. The van der Waals surface area contributed by atoms with Gasteiger partial charge in [0.2, 0.25) is 0 Å². The minimum atomic E-state index is -0.724. The van der Waals surface area contributed by atoms with Crippen molar-refractivity contribution in [2.24, 2.45) is 0 Å². The Bertz CT molecular complexity index is 553. The van der Waals surface area contributed by atoms with Crippen LogP contribution in [0.5, 0.6) is 0 Å². The van der Waals surface area contributed by atoms with Gasteiger partial charge in [0.05, 0.1) is 11.0 Å². The molecule has 1 aromatic carbocycles. The molecule has 0 aromatic heterocycles. The number of nitro benzene ring substituents is 1. The number of carbonyl (C=O) groups excluding carboxylic acids is 1. The minimum absolute atomic E-state index is 0.0563. The predicted octanol–water partition coefficient (Wildman–Crippen LogP) is 3.36. The first-order valence-electron chi connectivity index (χ1n) is 6.85. The largest absolute Gasteiger partial charge is 0.335 e. The summed E-state index contributed by atoms with van der Waals surface area (Å²) in [6.45, 7) is 0.570. The number of benzene rings is 1. The predicted molar refractivity (Wildman–Crippen MR) is 77.1 cm³/mol. The van der Waals surface area contributed by atoms with Crippen LogP contribution in [0.25, 0.3) is 0 Å². The van der Waals surface area contributed by atoms with Crippen molar-refractivity contribution in [2.45, 2.75) is 31.7 Å². The van der Waals surface area contributed by atoms with Crippen LogP contribution in [0.1, 0.15) is 36.0 Å². The third-order valence-electron chi connectivity index (χ3n) is 3.70. The monoisotopic (exact) mass is 314 g/mol. The molecule has 5 nitrogen and oxygen atoms in total. The van der Waals surface area contributed by atoms with E-state index in [9.17, 15) is 19.3 Å². The van der Waals surface area contributed by atoms with Crippen molar-refractivity contribution in [3.05, 3.63) is 39.7 Å². The van der Waals surface area contributed by atoms with Crippen molar-refractivity contribution in [1.29, 1.82) is 0 Å². The molecule has 1 atom stereocenters. The molecule has 0 spiro atoms. The molecule has 0 radical (unpaired) electrons. The Morgan fingerprint density at radius 2 is 2.29 bits per heavy atom. The Hall–Kier alpha value is -1.69. The summed E-state index contributed by atoms with van der Waals surface area (Å²) in [6.07, 6.45) is 3.32. The van der Waals surface area contributed by atoms with E-state index in [1.54, 1.807) is 4.90 Å². The summed E-state index contributed by atoms with van der Waals surface area (Å²) in [6, 6.07) is 3.11. The van der Waals surface area contributed by atoms with E-state index in [4.69, 9.17) is 11.6 Å². The molecular weight excluding hydrogens is 299 g/mol. The lowest BCUT2D eigenvalue weighted by Gasteiger charge is -2.24. The second kappa shape index (κ2) is 6.85. The SMILES string of the molecule is O=C(c1ccc(F)cc1[N+](=O)[O-])N1CCCC1CCCCl. The van der Waals surface area contributed by atoms with Gasteiger partial charge in [-0.15, -0.1) is 11.6 Å². The van der Waals surface area contributed by atoms with Crippen LogP contribution in [-0.2, 0) is 0 Å². The number of carbonyl (C=O) groups is 1. The van der Waals surface area contributed by atoms with Gasteiger partial charge in [0.25, 0.3) is 11.6 Å². The molecule has 1 heterocycles. The zero-order valence-electron chi connectivity index (χ0n) is 11.4. The van der Waals surface area contributed by atoms with Crippen LogP contribution in [0.2, 0.25) is 0 Å². The number of halogens is 2. The molecule has 21 heavy (non-hydrogen) atoms. The van der Waals surface area contributed by atoms with Gasteiger partial charge in [-0.2, -0.15) is 0 Å². The van der Waals surface area contributed by atoms with Crippen LogP contribution in [0.3, 0.4) is 0 Å². The van der Waals surface area contributed by atoms with Gasteiger partial charge in [0.15, 0.2) is 0 Å². The lowest BCUT2D eigenvalue weighted by molar-refractivity contribution is -0.385. The highest BCUT2D eigenvalue weighted by Gasteiger charge is 2.32. The van der Waals surface area contributed by atoms with Gasteiger partial charge < -0.3 is 4.90 Å². The van der Waals surface area contributed by atoms with Crippen molar-refractivity contribution < 1.29 is 14.1 Å². The normalized spacial score (nSPS) is 18.0. The molecule has 114 valence electrons. The number of amides is 1. The fourth-order valence-corrected chi connectivity index (χ4v) is 2.86. The molecule has 1 amide bonds. The van der Waals surface area contributed by atoms with Crippen molar-refractivity contribution >= 4 is 23.2 Å². The maximum atomic E-state index is 13.1. The van der Waals surface area contributed by atoms with Gasteiger partial charge >= 0.3 is 0 Å². The van der Waals surface area contributed by atoms with Crippen molar-refractivity contribution in [1.82, 2.24) is 4.90 Å². The molecule has 1 aromatic rings. The quantitative estimate of drug-likeness (QED) is 0.475. The van der Waals surface area contributed by atoms with E-state index in [0.717, 1.165) is 37.8 Å². The Morgan fingerprint density at radius 1 is 1.52 bits per heavy atom. The smallest absolute Gasteiger partial charge is 0.285 e. The minimum Gasteiger partial charge on any atom is -0.335 e. The Morgan fingerprint density at radius 3 is 2.95 bits per heavy atom. The van der Waals surface area contributed by atoms with Gasteiger partial charge in [-0.1, -0.05) is 0 Å². The number of likely N-dealkylation sites (tertiary alicyclic amines) is 1. The highest BCUT2D eigenvalue weighted by molar-refractivity contribution is 6.17. The number of alkyl halides is 1. The van der Waals surface area contributed by atoms with E-state index in [2.05, 4.69) is 0 Å². The molecular formula is C14H16ClFN2O3.